The standard InChI is InChI=1S/C19H29ClN4O2/c1-3-21-19(22-11-4-5-18(25)24-15-7-8-15)23-12-10-14-6-9-16(26-2)13-17(14)20/h6,9,13,15H,3-5,7-8,10-12H2,1-2H3,(H,24,25)(H2,21,22,23). The molecule has 0 unspecified atom stereocenters. The van der Waals surface area contributed by atoms with E-state index in [-0.39, 0.29) is 5.91 Å². The first-order chi connectivity index (χ1) is 12.6. The van der Waals surface area contributed by atoms with Crippen molar-refractivity contribution in [2.24, 2.45) is 4.99 Å². The SMILES string of the molecule is CCNC(=NCCCC(=O)NC1CC1)NCCc1ccc(OC)cc1Cl. The van der Waals surface area contributed by atoms with E-state index >= 15 is 0 Å². The highest BCUT2D eigenvalue weighted by Crippen LogP contribution is 2.22. The minimum atomic E-state index is 0.134. The second-order valence-corrected chi connectivity index (χ2v) is 6.75. The van der Waals surface area contributed by atoms with E-state index in [0.29, 0.717) is 24.0 Å². The molecule has 0 aromatic heterocycles. The number of aliphatic imine (C=N–C) groups is 1. The van der Waals surface area contributed by atoms with Gasteiger partial charge >= 0.3 is 0 Å². The molecule has 0 spiro atoms. The first kappa shape index (κ1) is 20.4. The van der Waals surface area contributed by atoms with Gasteiger partial charge in [0.2, 0.25) is 5.91 Å². The number of rotatable bonds is 10. The van der Waals surface area contributed by atoms with Crippen molar-refractivity contribution in [1.29, 1.82) is 0 Å². The largest absolute Gasteiger partial charge is 0.497 e. The van der Waals surface area contributed by atoms with Crippen molar-refractivity contribution in [2.45, 2.75) is 45.1 Å². The van der Waals surface area contributed by atoms with E-state index in [4.69, 9.17) is 16.3 Å². The van der Waals surface area contributed by atoms with Gasteiger partial charge in [0.25, 0.3) is 0 Å². The van der Waals surface area contributed by atoms with Gasteiger partial charge in [0.05, 0.1) is 7.11 Å². The molecule has 3 N–H and O–H groups in total. The van der Waals surface area contributed by atoms with Gasteiger partial charge in [0.15, 0.2) is 5.96 Å². The number of amides is 1. The Labute approximate surface area is 160 Å². The number of hydrogen-bond acceptors (Lipinski definition) is 3. The zero-order valence-corrected chi connectivity index (χ0v) is 16.4. The Morgan fingerprint density at radius 1 is 1.35 bits per heavy atom. The number of halogens is 1. The molecule has 2 rings (SSSR count). The van der Waals surface area contributed by atoms with Crippen LogP contribution in [0.2, 0.25) is 5.02 Å². The van der Waals surface area contributed by atoms with Gasteiger partial charge in [-0.15, -0.1) is 0 Å². The highest BCUT2D eigenvalue weighted by Gasteiger charge is 2.22. The van der Waals surface area contributed by atoms with Crippen molar-refractivity contribution < 1.29 is 9.53 Å². The van der Waals surface area contributed by atoms with Gasteiger partial charge in [-0.25, -0.2) is 0 Å². The minimum absolute atomic E-state index is 0.134. The summed E-state index contributed by atoms with van der Waals surface area (Å²) in [6.45, 7) is 4.16. The molecular weight excluding hydrogens is 352 g/mol. The molecule has 1 fully saturated rings. The van der Waals surface area contributed by atoms with E-state index in [0.717, 1.165) is 56.0 Å². The Balaban J connectivity index is 1.71. The summed E-state index contributed by atoms with van der Waals surface area (Å²) in [4.78, 5) is 16.2. The van der Waals surface area contributed by atoms with E-state index < -0.39 is 0 Å². The first-order valence-corrected chi connectivity index (χ1v) is 9.64. The molecule has 26 heavy (non-hydrogen) atoms. The van der Waals surface area contributed by atoms with Gasteiger partial charge in [0.1, 0.15) is 5.75 Å². The lowest BCUT2D eigenvalue weighted by Gasteiger charge is -2.12. The minimum Gasteiger partial charge on any atom is -0.497 e. The number of nitrogens with one attached hydrogen (secondary N) is 3. The van der Waals surface area contributed by atoms with Crippen LogP contribution in [0.15, 0.2) is 23.2 Å². The molecule has 1 saturated carbocycles. The zero-order valence-electron chi connectivity index (χ0n) is 15.6. The average molecular weight is 381 g/mol. The molecule has 0 atom stereocenters. The zero-order chi connectivity index (χ0) is 18.8. The summed E-state index contributed by atoms with van der Waals surface area (Å²) in [6.07, 6.45) is 4.31. The van der Waals surface area contributed by atoms with Crippen molar-refractivity contribution in [3.8, 4) is 5.75 Å². The van der Waals surface area contributed by atoms with Crippen LogP contribution in [0.4, 0.5) is 0 Å². The number of nitrogens with zero attached hydrogens (tertiary/aromatic N) is 1. The van der Waals surface area contributed by atoms with Crippen molar-refractivity contribution in [3.63, 3.8) is 0 Å². The molecule has 1 aliphatic carbocycles. The molecule has 0 heterocycles. The predicted molar refractivity (Wildman–Crippen MR) is 106 cm³/mol. The summed E-state index contributed by atoms with van der Waals surface area (Å²) in [5.74, 6) is 1.65. The lowest BCUT2D eigenvalue weighted by molar-refractivity contribution is -0.121. The monoisotopic (exact) mass is 380 g/mol. The maximum atomic E-state index is 11.7. The first-order valence-electron chi connectivity index (χ1n) is 9.26. The molecule has 0 bridgehead atoms. The smallest absolute Gasteiger partial charge is 0.220 e. The summed E-state index contributed by atoms with van der Waals surface area (Å²) in [5, 5.41) is 10.2. The van der Waals surface area contributed by atoms with Crippen molar-refractivity contribution in [1.82, 2.24) is 16.0 Å². The number of carbonyl (C=O) groups is 1. The number of benzene rings is 1. The quantitative estimate of drug-likeness (QED) is 0.331. The molecular formula is C19H29ClN4O2. The Morgan fingerprint density at radius 2 is 2.15 bits per heavy atom. The van der Waals surface area contributed by atoms with E-state index in [2.05, 4.69) is 20.9 Å². The van der Waals surface area contributed by atoms with E-state index in [1.165, 1.54) is 0 Å². The van der Waals surface area contributed by atoms with Gasteiger partial charge in [-0.2, -0.15) is 0 Å². The van der Waals surface area contributed by atoms with E-state index in [1.807, 2.05) is 25.1 Å². The Kier molecular flexibility index (Phi) is 8.54. The second kappa shape index (κ2) is 10.9. The fraction of sp³-hybridized carbons (Fsp3) is 0.579. The van der Waals surface area contributed by atoms with Crippen LogP contribution in [-0.4, -0.2) is 44.7 Å². The molecule has 1 aromatic carbocycles. The van der Waals surface area contributed by atoms with Gasteiger partial charge in [-0.3, -0.25) is 9.79 Å². The molecule has 1 aromatic rings. The molecule has 1 amide bonds. The van der Waals surface area contributed by atoms with E-state index in [1.54, 1.807) is 7.11 Å². The molecule has 1 aliphatic rings. The topological polar surface area (TPSA) is 74.8 Å². The fourth-order valence-electron chi connectivity index (χ4n) is 2.47. The lowest BCUT2D eigenvalue weighted by atomic mass is 10.1. The average Bonchev–Trinajstić information content (AvgIpc) is 3.43. The molecule has 0 aliphatic heterocycles. The third kappa shape index (κ3) is 7.52. The van der Waals surface area contributed by atoms with Crippen LogP contribution in [0.5, 0.6) is 5.75 Å². The highest BCUT2D eigenvalue weighted by molar-refractivity contribution is 6.31. The van der Waals surface area contributed by atoms with Gasteiger partial charge < -0.3 is 20.7 Å². The number of guanidine groups is 1. The van der Waals surface area contributed by atoms with Crippen LogP contribution >= 0.6 is 11.6 Å². The lowest BCUT2D eigenvalue weighted by Crippen LogP contribution is -2.38. The second-order valence-electron chi connectivity index (χ2n) is 6.34. The van der Waals surface area contributed by atoms with Crippen LogP contribution in [0.1, 0.15) is 38.2 Å². The summed E-state index contributed by atoms with van der Waals surface area (Å²) in [5.41, 5.74) is 1.06. The third-order valence-electron chi connectivity index (χ3n) is 4.07. The Bertz CT molecular complexity index is 618. The molecule has 7 heteroatoms. The van der Waals surface area contributed by atoms with Crippen LogP contribution in [0, 0.1) is 0 Å². The number of methoxy groups -OCH3 is 1. The fourth-order valence-corrected chi connectivity index (χ4v) is 2.74. The molecule has 6 nitrogen and oxygen atoms in total. The summed E-state index contributed by atoms with van der Waals surface area (Å²) >= 11 is 6.27. The number of hydrogen-bond donors (Lipinski definition) is 3. The molecule has 0 saturated heterocycles. The maximum Gasteiger partial charge on any atom is 0.220 e. The van der Waals surface area contributed by atoms with Crippen molar-refractivity contribution >= 4 is 23.5 Å². The third-order valence-corrected chi connectivity index (χ3v) is 4.42. The van der Waals surface area contributed by atoms with Gasteiger partial charge in [0, 0.05) is 37.1 Å². The normalized spacial score (nSPS) is 14.0. The van der Waals surface area contributed by atoms with Crippen LogP contribution in [0.25, 0.3) is 0 Å². The molecule has 0 radical (unpaired) electrons. The maximum absolute atomic E-state index is 11.7. The summed E-state index contributed by atoms with van der Waals surface area (Å²) < 4.78 is 5.16. The van der Waals surface area contributed by atoms with Crippen LogP contribution in [0.3, 0.4) is 0 Å². The Hall–Kier alpha value is -1.95. The van der Waals surface area contributed by atoms with Crippen LogP contribution < -0.4 is 20.7 Å². The van der Waals surface area contributed by atoms with Gasteiger partial charge in [-0.05, 0) is 50.3 Å². The summed E-state index contributed by atoms with van der Waals surface area (Å²) in [7, 11) is 1.63. The Morgan fingerprint density at radius 3 is 2.81 bits per heavy atom. The van der Waals surface area contributed by atoms with Crippen LogP contribution in [-0.2, 0) is 11.2 Å². The van der Waals surface area contributed by atoms with Crippen molar-refractivity contribution in [2.75, 3.05) is 26.7 Å². The number of carbonyl (C=O) groups excluding carboxylic acids is 1. The predicted octanol–water partition coefficient (Wildman–Crippen LogP) is 2.51. The number of ether oxygens (including phenoxy) is 1. The summed E-state index contributed by atoms with van der Waals surface area (Å²) in [6, 6.07) is 6.14. The van der Waals surface area contributed by atoms with Gasteiger partial charge in [-0.1, -0.05) is 17.7 Å². The molecule has 144 valence electrons. The van der Waals surface area contributed by atoms with Crippen molar-refractivity contribution in [3.05, 3.63) is 28.8 Å². The highest BCUT2D eigenvalue weighted by atomic mass is 35.5. The van der Waals surface area contributed by atoms with E-state index in [9.17, 15) is 4.79 Å².